The van der Waals surface area contributed by atoms with E-state index in [0.717, 1.165) is 0 Å². The molecule has 2 rings (SSSR count). The monoisotopic (exact) mass is 404 g/mol. The van der Waals surface area contributed by atoms with Gasteiger partial charge in [-0.2, -0.15) is 0 Å². The molecule has 0 spiro atoms. The predicted octanol–water partition coefficient (Wildman–Crippen LogP) is 0.731. The zero-order chi connectivity index (χ0) is 19.3. The Morgan fingerprint density at radius 3 is 2.23 bits per heavy atom. The summed E-state index contributed by atoms with van der Waals surface area (Å²) in [7, 11) is 1.81. The van der Waals surface area contributed by atoms with Gasteiger partial charge in [-0.1, -0.05) is 11.8 Å². The molecule has 0 amide bonds. The lowest BCUT2D eigenvalue weighted by Gasteiger charge is -2.41. The Morgan fingerprint density at radius 2 is 1.73 bits per heavy atom. The first-order valence-corrected chi connectivity index (χ1v) is 8.86. The molecule has 0 radical (unpaired) electrons. The number of amidine groups is 1. The quantitative estimate of drug-likeness (QED) is 0.544. The van der Waals surface area contributed by atoms with Crippen LogP contribution in [-0.2, 0) is 18.9 Å². The number of hydrogen-bond acceptors (Lipinski definition) is 9. The van der Waals surface area contributed by atoms with Gasteiger partial charge in [0.1, 0.15) is 23.7 Å². The third-order valence-corrected chi connectivity index (χ3v) is 5.48. The number of fused-ring (bicyclic) bond motifs is 1. The van der Waals surface area contributed by atoms with Crippen molar-refractivity contribution in [1.82, 2.24) is 4.90 Å². The van der Waals surface area contributed by atoms with Crippen molar-refractivity contribution in [3.63, 3.8) is 0 Å². The molecule has 1 saturated heterocycles. The van der Waals surface area contributed by atoms with Crippen molar-refractivity contribution in [3.05, 3.63) is 0 Å². The SMILES string of the molecule is CCN(C)C1=N[C@@H]2[C@@H](O)[C@H](O)[C@H](CC(OCF)(OCF)OCF)O[C@@H]2S1. The van der Waals surface area contributed by atoms with E-state index in [0.29, 0.717) is 11.7 Å². The van der Waals surface area contributed by atoms with E-state index < -0.39 is 62.8 Å². The third kappa shape index (κ3) is 4.61. The Bertz CT molecular complexity index is 475. The van der Waals surface area contributed by atoms with Gasteiger partial charge in [-0.3, -0.25) is 19.2 Å². The van der Waals surface area contributed by atoms with Crippen LogP contribution in [-0.4, -0.2) is 90.2 Å². The smallest absolute Gasteiger partial charge is 0.292 e. The van der Waals surface area contributed by atoms with Crippen LogP contribution < -0.4 is 0 Å². The van der Waals surface area contributed by atoms with Crippen LogP contribution in [0.15, 0.2) is 4.99 Å². The lowest BCUT2D eigenvalue weighted by molar-refractivity contribution is -0.416. The molecule has 0 saturated carbocycles. The number of aliphatic hydroxyl groups is 2. The summed E-state index contributed by atoms with van der Waals surface area (Å²) >= 11 is 1.24. The van der Waals surface area contributed by atoms with E-state index in [-0.39, 0.29) is 0 Å². The molecule has 2 aliphatic heterocycles. The summed E-state index contributed by atoms with van der Waals surface area (Å²) < 4.78 is 57.4. The van der Waals surface area contributed by atoms with Gasteiger partial charge in [0.15, 0.2) is 25.7 Å². The van der Waals surface area contributed by atoms with Crippen molar-refractivity contribution >= 4 is 16.9 Å². The molecule has 0 bridgehead atoms. The summed E-state index contributed by atoms with van der Waals surface area (Å²) in [5.41, 5.74) is -0.638. The predicted molar refractivity (Wildman–Crippen MR) is 86.3 cm³/mol. The zero-order valence-electron chi connectivity index (χ0n) is 14.4. The molecule has 2 heterocycles. The Balaban J connectivity index is 2.14. The van der Waals surface area contributed by atoms with Crippen LogP contribution in [0, 0.1) is 0 Å². The number of alkyl halides is 3. The normalized spacial score (nSPS) is 31.7. The number of hydrogen-bond donors (Lipinski definition) is 2. The standard InChI is InChI=1S/C14H23F3N2O6S/c1-3-19(2)13-18-9-11(21)10(20)8(25-12(9)26-13)4-14(22-5-15,23-6-16)24-7-17/h8-12,20-21H,3-7H2,1-2H3/t8-,9+,10+,11+,12+/m0/s1. The average molecular weight is 404 g/mol. The highest BCUT2D eigenvalue weighted by Gasteiger charge is 2.52. The topological polar surface area (TPSA) is 93.0 Å². The van der Waals surface area contributed by atoms with Gasteiger partial charge in [-0.05, 0) is 6.92 Å². The van der Waals surface area contributed by atoms with Crippen LogP contribution in [0.25, 0.3) is 0 Å². The fraction of sp³-hybridized carbons (Fsp3) is 0.929. The highest BCUT2D eigenvalue weighted by Crippen LogP contribution is 2.39. The molecule has 0 unspecified atom stereocenters. The number of aliphatic imine (C=N–C) groups is 1. The van der Waals surface area contributed by atoms with E-state index in [1.165, 1.54) is 11.8 Å². The highest BCUT2D eigenvalue weighted by molar-refractivity contribution is 8.14. The molecule has 26 heavy (non-hydrogen) atoms. The third-order valence-electron chi connectivity index (χ3n) is 4.23. The molecule has 0 aliphatic carbocycles. The number of ether oxygens (including phenoxy) is 4. The minimum atomic E-state index is -2.43. The van der Waals surface area contributed by atoms with Gasteiger partial charge in [0.25, 0.3) is 5.97 Å². The van der Waals surface area contributed by atoms with E-state index in [1.807, 2.05) is 18.9 Å². The Morgan fingerprint density at radius 1 is 1.15 bits per heavy atom. The van der Waals surface area contributed by atoms with Crippen LogP contribution in [0.2, 0.25) is 0 Å². The van der Waals surface area contributed by atoms with Crippen molar-refractivity contribution in [3.8, 4) is 0 Å². The first kappa shape index (κ1) is 21.7. The molecule has 2 aliphatic rings. The van der Waals surface area contributed by atoms with Crippen LogP contribution >= 0.6 is 11.8 Å². The van der Waals surface area contributed by atoms with E-state index in [4.69, 9.17) is 4.74 Å². The number of nitrogens with zero attached hydrogens (tertiary/aromatic N) is 2. The molecule has 1 fully saturated rings. The van der Waals surface area contributed by atoms with Crippen LogP contribution in [0.5, 0.6) is 0 Å². The molecule has 152 valence electrons. The van der Waals surface area contributed by atoms with Crippen molar-refractivity contribution in [2.45, 2.75) is 49.1 Å². The van der Waals surface area contributed by atoms with Crippen molar-refractivity contribution in [2.24, 2.45) is 4.99 Å². The van der Waals surface area contributed by atoms with Gasteiger partial charge in [-0.15, -0.1) is 0 Å². The molecule has 0 aromatic rings. The molecule has 12 heteroatoms. The maximum Gasteiger partial charge on any atom is 0.292 e. The molecule has 2 N–H and O–H groups in total. The molecule has 0 aromatic heterocycles. The number of aliphatic hydroxyl groups excluding tert-OH is 2. The second-order valence-corrected chi connectivity index (χ2v) is 6.77. The summed E-state index contributed by atoms with van der Waals surface area (Å²) in [5, 5.41) is 21.3. The largest absolute Gasteiger partial charge is 0.388 e. The molecular formula is C14H23F3N2O6S. The molecule has 5 atom stereocenters. The molecular weight excluding hydrogens is 381 g/mol. The number of halogens is 3. The summed E-state index contributed by atoms with van der Waals surface area (Å²) in [5.74, 6) is -2.43. The highest BCUT2D eigenvalue weighted by atomic mass is 32.2. The van der Waals surface area contributed by atoms with Gasteiger partial charge in [0, 0.05) is 13.6 Å². The summed E-state index contributed by atoms with van der Waals surface area (Å²) in [6, 6.07) is -0.712. The van der Waals surface area contributed by atoms with Crippen molar-refractivity contribution in [2.75, 3.05) is 34.2 Å². The van der Waals surface area contributed by atoms with Gasteiger partial charge in [-0.25, -0.2) is 13.2 Å². The van der Waals surface area contributed by atoms with E-state index in [9.17, 15) is 23.4 Å². The lowest BCUT2D eigenvalue weighted by Crippen LogP contribution is -2.57. The first-order valence-electron chi connectivity index (χ1n) is 7.98. The van der Waals surface area contributed by atoms with E-state index in [2.05, 4.69) is 19.2 Å². The van der Waals surface area contributed by atoms with Crippen molar-refractivity contribution in [1.29, 1.82) is 0 Å². The summed E-state index contributed by atoms with van der Waals surface area (Å²) in [6.45, 7) is -1.73. The fourth-order valence-corrected chi connectivity index (χ4v) is 3.96. The van der Waals surface area contributed by atoms with Gasteiger partial charge in [0.2, 0.25) is 0 Å². The molecule has 0 aromatic carbocycles. The van der Waals surface area contributed by atoms with Crippen LogP contribution in [0.1, 0.15) is 13.3 Å². The minimum Gasteiger partial charge on any atom is -0.388 e. The van der Waals surface area contributed by atoms with Crippen LogP contribution in [0.4, 0.5) is 13.2 Å². The minimum absolute atomic E-state index is 0.564. The Labute approximate surface area is 153 Å². The summed E-state index contributed by atoms with van der Waals surface area (Å²) in [4.78, 5) is 6.19. The van der Waals surface area contributed by atoms with Gasteiger partial charge < -0.3 is 19.8 Å². The maximum atomic E-state index is 12.6. The first-order chi connectivity index (χ1) is 12.4. The van der Waals surface area contributed by atoms with E-state index in [1.54, 1.807) is 0 Å². The van der Waals surface area contributed by atoms with Crippen LogP contribution in [0.3, 0.4) is 0 Å². The van der Waals surface area contributed by atoms with Gasteiger partial charge in [0.05, 0.1) is 12.5 Å². The Hall–Kier alpha value is -0.630. The lowest BCUT2D eigenvalue weighted by atomic mass is 9.95. The Kier molecular flexibility index (Phi) is 7.94. The summed E-state index contributed by atoms with van der Waals surface area (Å²) in [6.07, 6.45) is -4.52. The second kappa shape index (κ2) is 9.53. The fourth-order valence-electron chi connectivity index (χ4n) is 2.70. The number of thioether (sulfide) groups is 1. The van der Waals surface area contributed by atoms with Gasteiger partial charge >= 0.3 is 0 Å². The number of rotatable bonds is 9. The maximum absolute atomic E-state index is 12.6. The average Bonchev–Trinajstić information content (AvgIpc) is 3.03. The van der Waals surface area contributed by atoms with E-state index >= 15 is 0 Å². The van der Waals surface area contributed by atoms with Crippen molar-refractivity contribution < 1.29 is 42.3 Å². The molecule has 8 nitrogen and oxygen atoms in total. The zero-order valence-corrected chi connectivity index (χ0v) is 15.2. The second-order valence-electron chi connectivity index (χ2n) is 5.71.